The van der Waals surface area contributed by atoms with Gasteiger partial charge >= 0.3 is 0 Å². The molecule has 0 spiro atoms. The van der Waals surface area contributed by atoms with E-state index in [0.717, 1.165) is 11.1 Å². The maximum Gasteiger partial charge on any atom is 0.151 e. The Bertz CT molecular complexity index is 408. The Morgan fingerprint density at radius 2 is 2.13 bits per heavy atom. The van der Waals surface area contributed by atoms with Gasteiger partial charge in [0.2, 0.25) is 0 Å². The van der Waals surface area contributed by atoms with Crippen LogP contribution in [-0.4, -0.2) is 12.8 Å². The normalized spacial score (nSPS) is 11.3. The van der Waals surface area contributed by atoms with E-state index in [9.17, 15) is 0 Å². The molecule has 15 heavy (non-hydrogen) atoms. The highest BCUT2D eigenvalue weighted by Crippen LogP contribution is 2.27. The lowest BCUT2D eigenvalue weighted by molar-refractivity contribution is 0.416. The molecule has 0 aliphatic carbocycles. The number of allylic oxidation sites excluding steroid dienone is 2. The van der Waals surface area contributed by atoms with Crippen LogP contribution in [0.1, 0.15) is 19.4 Å². The summed E-state index contributed by atoms with van der Waals surface area (Å²) >= 11 is 0. The molecule has 0 aliphatic heterocycles. The highest BCUT2D eigenvalue weighted by Gasteiger charge is 2.11. The molecule has 0 heterocycles. The summed E-state index contributed by atoms with van der Waals surface area (Å²) in [5.74, 6) is 0.573. The van der Waals surface area contributed by atoms with Gasteiger partial charge in [0.15, 0.2) is 5.75 Å². The number of nitrogen functional groups attached to an aromatic ring is 1. The van der Waals surface area contributed by atoms with Gasteiger partial charge in [-0.1, -0.05) is 12.1 Å². The molecule has 0 bridgehead atoms. The molecule has 0 fully saturated rings. The van der Waals surface area contributed by atoms with Gasteiger partial charge in [-0.3, -0.25) is 5.41 Å². The van der Waals surface area contributed by atoms with Crippen molar-refractivity contribution >= 4 is 11.4 Å². The van der Waals surface area contributed by atoms with E-state index >= 15 is 0 Å². The first-order chi connectivity index (χ1) is 7.11. The van der Waals surface area contributed by atoms with Crippen LogP contribution < -0.4 is 10.5 Å². The van der Waals surface area contributed by atoms with E-state index in [4.69, 9.17) is 15.9 Å². The van der Waals surface area contributed by atoms with Crippen LogP contribution in [0.2, 0.25) is 0 Å². The second-order valence-electron chi connectivity index (χ2n) is 3.27. The SMILES string of the molecule is C/C=C(/C)C(=N)c1cccc(N)c1OC. The second-order valence-corrected chi connectivity index (χ2v) is 3.27. The van der Waals surface area contributed by atoms with Crippen LogP contribution in [0.25, 0.3) is 0 Å². The van der Waals surface area contributed by atoms with Gasteiger partial charge < -0.3 is 10.5 Å². The number of rotatable bonds is 3. The fraction of sp³-hybridized carbons (Fsp3) is 0.250. The molecular weight excluding hydrogens is 188 g/mol. The first-order valence-corrected chi connectivity index (χ1v) is 4.76. The lowest BCUT2D eigenvalue weighted by Crippen LogP contribution is -2.05. The summed E-state index contributed by atoms with van der Waals surface area (Å²) in [5.41, 5.74) is 8.41. The maximum absolute atomic E-state index is 7.97. The number of para-hydroxylation sites is 1. The summed E-state index contributed by atoms with van der Waals surface area (Å²) < 4.78 is 5.20. The molecule has 0 atom stereocenters. The highest BCUT2D eigenvalue weighted by atomic mass is 16.5. The van der Waals surface area contributed by atoms with Crippen LogP contribution in [0.4, 0.5) is 5.69 Å². The van der Waals surface area contributed by atoms with Gasteiger partial charge in [-0.15, -0.1) is 0 Å². The summed E-state index contributed by atoms with van der Waals surface area (Å²) in [6, 6.07) is 5.43. The number of nitrogens with one attached hydrogen (secondary N) is 1. The third-order valence-corrected chi connectivity index (χ3v) is 2.35. The van der Waals surface area contributed by atoms with Crippen LogP contribution in [0.5, 0.6) is 5.75 Å². The zero-order chi connectivity index (χ0) is 11.4. The minimum atomic E-state index is 0.446. The second kappa shape index (κ2) is 4.64. The Morgan fingerprint density at radius 3 is 2.67 bits per heavy atom. The van der Waals surface area contributed by atoms with Crippen LogP contribution >= 0.6 is 0 Å². The number of nitrogens with two attached hydrogens (primary N) is 1. The summed E-state index contributed by atoms with van der Waals surface area (Å²) in [5, 5.41) is 7.97. The van der Waals surface area contributed by atoms with Gasteiger partial charge in [0.25, 0.3) is 0 Å². The highest BCUT2D eigenvalue weighted by molar-refractivity contribution is 6.12. The van der Waals surface area contributed by atoms with Crippen molar-refractivity contribution in [1.82, 2.24) is 0 Å². The average Bonchev–Trinajstić information content (AvgIpc) is 2.26. The van der Waals surface area contributed by atoms with Crippen LogP contribution in [-0.2, 0) is 0 Å². The van der Waals surface area contributed by atoms with E-state index in [1.807, 2.05) is 32.1 Å². The molecule has 3 heteroatoms. The molecule has 0 radical (unpaired) electrons. The Labute approximate surface area is 90.1 Å². The van der Waals surface area contributed by atoms with E-state index in [-0.39, 0.29) is 0 Å². The quantitative estimate of drug-likeness (QED) is 0.587. The third-order valence-electron chi connectivity index (χ3n) is 2.35. The molecule has 3 nitrogen and oxygen atoms in total. The molecule has 0 saturated carbocycles. The maximum atomic E-state index is 7.97. The van der Waals surface area contributed by atoms with Crippen molar-refractivity contribution in [2.24, 2.45) is 0 Å². The fourth-order valence-corrected chi connectivity index (χ4v) is 1.34. The molecule has 1 rings (SSSR count). The molecular formula is C12H16N2O. The van der Waals surface area contributed by atoms with Gasteiger partial charge in [-0.05, 0) is 31.6 Å². The molecule has 1 aromatic rings. The fourth-order valence-electron chi connectivity index (χ4n) is 1.34. The Kier molecular flexibility index (Phi) is 3.50. The first-order valence-electron chi connectivity index (χ1n) is 4.76. The van der Waals surface area contributed by atoms with Gasteiger partial charge in [0, 0.05) is 5.56 Å². The lowest BCUT2D eigenvalue weighted by atomic mass is 10.0. The predicted octanol–water partition coefficient (Wildman–Crippen LogP) is 2.61. The number of benzene rings is 1. The van der Waals surface area contributed by atoms with Gasteiger partial charge in [0.1, 0.15) is 0 Å². The van der Waals surface area contributed by atoms with Crippen LogP contribution in [0.15, 0.2) is 29.8 Å². The molecule has 0 amide bonds. The average molecular weight is 204 g/mol. The Morgan fingerprint density at radius 1 is 1.47 bits per heavy atom. The Balaban J connectivity index is 3.26. The van der Waals surface area contributed by atoms with E-state index < -0.39 is 0 Å². The standard InChI is InChI=1S/C12H16N2O/c1-4-8(2)11(14)9-6-5-7-10(13)12(9)15-3/h4-7,14H,13H2,1-3H3/b8-4-,14-11?. The minimum absolute atomic E-state index is 0.446. The van der Waals surface area contributed by atoms with Crippen molar-refractivity contribution in [3.8, 4) is 5.75 Å². The van der Waals surface area contributed by atoms with Crippen molar-refractivity contribution in [2.45, 2.75) is 13.8 Å². The summed E-state index contributed by atoms with van der Waals surface area (Å²) in [4.78, 5) is 0. The predicted molar refractivity (Wildman–Crippen MR) is 63.7 cm³/mol. The molecule has 3 N–H and O–H groups in total. The van der Waals surface area contributed by atoms with Gasteiger partial charge in [-0.2, -0.15) is 0 Å². The van der Waals surface area contributed by atoms with E-state index in [1.54, 1.807) is 13.2 Å². The number of ether oxygens (including phenoxy) is 1. The smallest absolute Gasteiger partial charge is 0.151 e. The van der Waals surface area contributed by atoms with Crippen molar-refractivity contribution in [3.63, 3.8) is 0 Å². The largest absolute Gasteiger partial charge is 0.494 e. The topological polar surface area (TPSA) is 59.1 Å². The molecule has 0 unspecified atom stereocenters. The molecule has 80 valence electrons. The number of hydrogen-bond donors (Lipinski definition) is 2. The monoisotopic (exact) mass is 204 g/mol. The molecule has 0 aliphatic rings. The van der Waals surface area contributed by atoms with E-state index in [2.05, 4.69) is 0 Å². The van der Waals surface area contributed by atoms with Crippen molar-refractivity contribution in [1.29, 1.82) is 5.41 Å². The molecule has 0 saturated heterocycles. The van der Waals surface area contributed by atoms with E-state index in [1.165, 1.54) is 0 Å². The number of anilines is 1. The lowest BCUT2D eigenvalue weighted by Gasteiger charge is -2.11. The number of hydrogen-bond acceptors (Lipinski definition) is 3. The first kappa shape index (κ1) is 11.3. The Hall–Kier alpha value is -1.77. The van der Waals surface area contributed by atoms with Crippen molar-refractivity contribution in [3.05, 3.63) is 35.4 Å². The van der Waals surface area contributed by atoms with Crippen molar-refractivity contribution in [2.75, 3.05) is 12.8 Å². The zero-order valence-electron chi connectivity index (χ0n) is 9.29. The van der Waals surface area contributed by atoms with Crippen LogP contribution in [0.3, 0.4) is 0 Å². The summed E-state index contributed by atoms with van der Waals surface area (Å²) in [6.07, 6.45) is 1.89. The van der Waals surface area contributed by atoms with Crippen molar-refractivity contribution < 1.29 is 4.74 Å². The van der Waals surface area contributed by atoms with Gasteiger partial charge in [-0.25, -0.2) is 0 Å². The van der Waals surface area contributed by atoms with Crippen LogP contribution in [0, 0.1) is 5.41 Å². The minimum Gasteiger partial charge on any atom is -0.494 e. The zero-order valence-corrected chi connectivity index (χ0v) is 9.29. The number of methoxy groups -OCH3 is 1. The summed E-state index contributed by atoms with van der Waals surface area (Å²) in [6.45, 7) is 3.80. The summed E-state index contributed by atoms with van der Waals surface area (Å²) in [7, 11) is 1.56. The third kappa shape index (κ3) is 2.18. The molecule has 0 aromatic heterocycles. The van der Waals surface area contributed by atoms with Gasteiger partial charge in [0.05, 0.1) is 18.5 Å². The molecule has 1 aromatic carbocycles. The van der Waals surface area contributed by atoms with E-state index in [0.29, 0.717) is 17.1 Å².